The zero-order valence-corrected chi connectivity index (χ0v) is 16.2. The molecule has 3 rings (SSSR count). The van der Waals surface area contributed by atoms with E-state index in [1.807, 2.05) is 6.92 Å². The highest BCUT2D eigenvalue weighted by atomic mass is 16.2. The molecule has 142 valence electrons. The van der Waals surface area contributed by atoms with E-state index in [1.165, 1.54) is 13.3 Å². The lowest BCUT2D eigenvalue weighted by Gasteiger charge is -2.35. The van der Waals surface area contributed by atoms with Crippen LogP contribution in [0.4, 0.5) is 11.6 Å². The molecule has 2 aromatic rings. The summed E-state index contributed by atoms with van der Waals surface area (Å²) < 4.78 is 0. The summed E-state index contributed by atoms with van der Waals surface area (Å²) in [6.45, 7) is 6.50. The Morgan fingerprint density at radius 1 is 1.19 bits per heavy atom. The van der Waals surface area contributed by atoms with Gasteiger partial charge in [-0.2, -0.15) is 0 Å². The van der Waals surface area contributed by atoms with E-state index in [0.717, 1.165) is 31.5 Å². The normalized spacial score (nSPS) is 16.9. The summed E-state index contributed by atoms with van der Waals surface area (Å²) in [7, 11) is 0. The maximum Gasteiger partial charge on any atom is 0.274 e. The number of nitrogens with one attached hydrogen (secondary N) is 1. The number of anilines is 2. The highest BCUT2D eigenvalue weighted by Crippen LogP contribution is 2.24. The van der Waals surface area contributed by atoms with Crippen molar-refractivity contribution in [2.24, 2.45) is 0 Å². The Labute approximate surface area is 160 Å². The number of ketones is 1. The first-order valence-electron chi connectivity index (χ1n) is 9.52. The molecule has 1 aliphatic heterocycles. The first-order chi connectivity index (χ1) is 13.0. The third-order valence-corrected chi connectivity index (χ3v) is 4.98. The number of aromatic nitrogens is 2. The molecular weight excluding hydrogens is 340 g/mol. The van der Waals surface area contributed by atoms with Crippen molar-refractivity contribution in [3.8, 4) is 0 Å². The second kappa shape index (κ2) is 8.29. The maximum absolute atomic E-state index is 12.7. The molecule has 6 heteroatoms. The molecule has 1 amide bonds. The van der Waals surface area contributed by atoms with E-state index in [4.69, 9.17) is 0 Å². The van der Waals surface area contributed by atoms with E-state index in [9.17, 15) is 9.59 Å². The van der Waals surface area contributed by atoms with Crippen LogP contribution in [0.1, 0.15) is 66.1 Å². The molecule has 1 aromatic carbocycles. The van der Waals surface area contributed by atoms with Crippen LogP contribution in [-0.2, 0) is 0 Å². The van der Waals surface area contributed by atoms with Gasteiger partial charge in [0.25, 0.3) is 5.91 Å². The number of hydrogen-bond donors (Lipinski definition) is 1. The standard InChI is InChI=1S/C21H26N4O2/c1-4-18-7-5-6-12-25(18)21-22-14(2)13-19(24-21)20(27)23-17-10-8-16(9-11-17)15(3)26/h8-11,13,18H,4-7,12H2,1-3H3,(H,23,27). The van der Waals surface area contributed by atoms with Crippen LogP contribution in [0.3, 0.4) is 0 Å². The van der Waals surface area contributed by atoms with E-state index in [0.29, 0.717) is 28.9 Å². The highest BCUT2D eigenvalue weighted by Gasteiger charge is 2.24. The number of hydrogen-bond acceptors (Lipinski definition) is 5. The largest absolute Gasteiger partial charge is 0.338 e. The SMILES string of the molecule is CCC1CCCCN1c1nc(C)cc(C(=O)Nc2ccc(C(C)=O)cc2)n1. The number of carbonyl (C=O) groups excluding carboxylic acids is 2. The van der Waals surface area contributed by atoms with Gasteiger partial charge in [0, 0.05) is 29.5 Å². The number of amides is 1. The van der Waals surface area contributed by atoms with Crippen LogP contribution in [0.2, 0.25) is 0 Å². The van der Waals surface area contributed by atoms with Gasteiger partial charge in [0.15, 0.2) is 5.78 Å². The second-order valence-corrected chi connectivity index (χ2v) is 7.03. The van der Waals surface area contributed by atoms with Crippen LogP contribution in [0.5, 0.6) is 0 Å². The number of nitrogens with zero attached hydrogens (tertiary/aromatic N) is 3. The smallest absolute Gasteiger partial charge is 0.274 e. The van der Waals surface area contributed by atoms with Crippen LogP contribution >= 0.6 is 0 Å². The van der Waals surface area contributed by atoms with Crippen molar-refractivity contribution in [2.45, 2.75) is 52.5 Å². The molecule has 0 bridgehead atoms. The summed E-state index contributed by atoms with van der Waals surface area (Å²) in [6.07, 6.45) is 4.53. The van der Waals surface area contributed by atoms with Crippen molar-refractivity contribution in [3.63, 3.8) is 0 Å². The van der Waals surface area contributed by atoms with Gasteiger partial charge in [0.2, 0.25) is 5.95 Å². The summed E-state index contributed by atoms with van der Waals surface area (Å²) in [4.78, 5) is 35.4. The molecule has 0 radical (unpaired) electrons. The van der Waals surface area contributed by atoms with E-state index in [1.54, 1.807) is 30.3 Å². The van der Waals surface area contributed by atoms with Gasteiger partial charge in [0.05, 0.1) is 0 Å². The Kier molecular flexibility index (Phi) is 5.84. The maximum atomic E-state index is 12.7. The first-order valence-corrected chi connectivity index (χ1v) is 9.52. The predicted molar refractivity (Wildman–Crippen MR) is 106 cm³/mol. The number of carbonyl (C=O) groups is 2. The molecule has 6 nitrogen and oxygen atoms in total. The molecule has 0 aliphatic carbocycles. The van der Waals surface area contributed by atoms with Crippen molar-refractivity contribution in [3.05, 3.63) is 47.3 Å². The predicted octanol–water partition coefficient (Wildman–Crippen LogP) is 4.01. The summed E-state index contributed by atoms with van der Waals surface area (Å²) in [5.41, 5.74) is 2.38. The van der Waals surface area contributed by atoms with Crippen molar-refractivity contribution >= 4 is 23.3 Å². The average molecular weight is 366 g/mol. The minimum Gasteiger partial charge on any atom is -0.338 e. The highest BCUT2D eigenvalue weighted by molar-refractivity contribution is 6.03. The number of piperidine rings is 1. The number of aryl methyl sites for hydroxylation is 1. The molecule has 1 N–H and O–H groups in total. The van der Waals surface area contributed by atoms with Gasteiger partial charge in [0.1, 0.15) is 5.69 Å². The van der Waals surface area contributed by atoms with Crippen molar-refractivity contribution < 1.29 is 9.59 Å². The lowest BCUT2D eigenvalue weighted by atomic mass is 10.0. The van der Waals surface area contributed by atoms with Crippen LogP contribution in [0.15, 0.2) is 30.3 Å². The minimum absolute atomic E-state index is 0.00375. The number of Topliss-reactive ketones (excluding diaryl/α,β-unsaturated/α-hetero) is 1. The molecule has 1 saturated heterocycles. The van der Waals surface area contributed by atoms with Crippen molar-refractivity contribution in [1.29, 1.82) is 0 Å². The van der Waals surface area contributed by atoms with Crippen LogP contribution in [0.25, 0.3) is 0 Å². The molecule has 1 aliphatic rings. The molecule has 0 spiro atoms. The molecule has 1 atom stereocenters. The van der Waals surface area contributed by atoms with Gasteiger partial charge in [-0.25, -0.2) is 9.97 Å². The third kappa shape index (κ3) is 4.51. The monoisotopic (exact) mass is 366 g/mol. The second-order valence-electron chi connectivity index (χ2n) is 7.03. The lowest BCUT2D eigenvalue weighted by Crippen LogP contribution is -2.40. The Hall–Kier alpha value is -2.76. The zero-order valence-electron chi connectivity index (χ0n) is 16.2. The molecule has 0 saturated carbocycles. The van der Waals surface area contributed by atoms with Crippen LogP contribution in [0, 0.1) is 6.92 Å². The van der Waals surface area contributed by atoms with Gasteiger partial charge in [-0.05, 0) is 69.9 Å². The van der Waals surface area contributed by atoms with E-state index in [2.05, 4.69) is 27.1 Å². The summed E-state index contributed by atoms with van der Waals surface area (Å²) in [6, 6.07) is 8.98. The lowest BCUT2D eigenvalue weighted by molar-refractivity contribution is 0.101. The molecular formula is C21H26N4O2. The van der Waals surface area contributed by atoms with Gasteiger partial charge in [-0.1, -0.05) is 6.92 Å². The fraction of sp³-hybridized carbons (Fsp3) is 0.429. The van der Waals surface area contributed by atoms with Gasteiger partial charge in [-0.15, -0.1) is 0 Å². The van der Waals surface area contributed by atoms with E-state index >= 15 is 0 Å². The van der Waals surface area contributed by atoms with Crippen LogP contribution < -0.4 is 10.2 Å². The molecule has 1 fully saturated rings. The Bertz CT molecular complexity index is 833. The first kappa shape index (κ1) is 19.0. The zero-order chi connectivity index (χ0) is 19.4. The van der Waals surface area contributed by atoms with Crippen molar-refractivity contribution in [2.75, 3.05) is 16.8 Å². The molecule has 1 unspecified atom stereocenters. The minimum atomic E-state index is -0.276. The Morgan fingerprint density at radius 3 is 2.59 bits per heavy atom. The summed E-state index contributed by atoms with van der Waals surface area (Å²) in [5.74, 6) is 0.358. The fourth-order valence-corrected chi connectivity index (χ4v) is 3.47. The van der Waals surface area contributed by atoms with E-state index in [-0.39, 0.29) is 11.7 Å². The number of benzene rings is 1. The molecule has 1 aromatic heterocycles. The van der Waals surface area contributed by atoms with Crippen LogP contribution in [-0.4, -0.2) is 34.2 Å². The molecule has 2 heterocycles. The van der Waals surface area contributed by atoms with Gasteiger partial charge >= 0.3 is 0 Å². The van der Waals surface area contributed by atoms with Gasteiger partial charge in [-0.3, -0.25) is 9.59 Å². The number of rotatable bonds is 5. The fourth-order valence-electron chi connectivity index (χ4n) is 3.47. The topological polar surface area (TPSA) is 75.2 Å². The van der Waals surface area contributed by atoms with Crippen molar-refractivity contribution in [1.82, 2.24) is 9.97 Å². The third-order valence-electron chi connectivity index (χ3n) is 4.98. The molecule has 27 heavy (non-hydrogen) atoms. The van der Waals surface area contributed by atoms with Gasteiger partial charge < -0.3 is 10.2 Å². The Balaban J connectivity index is 1.80. The summed E-state index contributed by atoms with van der Waals surface area (Å²) >= 11 is 0. The summed E-state index contributed by atoms with van der Waals surface area (Å²) in [5, 5.41) is 2.85. The average Bonchev–Trinajstić information content (AvgIpc) is 2.67. The van der Waals surface area contributed by atoms with E-state index < -0.39 is 0 Å². The quantitative estimate of drug-likeness (QED) is 0.809. The Morgan fingerprint density at radius 2 is 1.93 bits per heavy atom.